The maximum absolute atomic E-state index is 4.57. The minimum Gasteiger partial charge on any atom is -0.227 e. The lowest BCUT2D eigenvalue weighted by Crippen LogP contribution is -1.99. The highest BCUT2D eigenvalue weighted by molar-refractivity contribution is 7.80. The Kier molecular flexibility index (Phi) is 3.50. The van der Waals surface area contributed by atoms with Gasteiger partial charge in [-0.15, -0.1) is 22.8 Å². The van der Waals surface area contributed by atoms with Gasteiger partial charge in [0.1, 0.15) is 5.03 Å². The van der Waals surface area contributed by atoms with Gasteiger partial charge in [-0.3, -0.25) is 0 Å². The number of benzene rings is 1. The molecule has 0 aliphatic heterocycles. The molecular weight excluding hydrogens is 284 g/mol. The number of nitrogens with zero attached hydrogens (tertiary/aromatic N) is 6. The lowest BCUT2D eigenvalue weighted by molar-refractivity contribution is 0.552. The maximum atomic E-state index is 4.57. The zero-order valence-electron chi connectivity index (χ0n) is 12.1. The van der Waals surface area contributed by atoms with Crippen molar-refractivity contribution in [2.75, 3.05) is 0 Å². The van der Waals surface area contributed by atoms with Crippen LogP contribution in [0.15, 0.2) is 29.4 Å². The molecule has 3 rings (SSSR count). The van der Waals surface area contributed by atoms with E-state index in [1.165, 1.54) is 15.9 Å². The zero-order valence-corrected chi connectivity index (χ0v) is 13.0. The van der Waals surface area contributed by atoms with E-state index in [9.17, 15) is 0 Å². The summed E-state index contributed by atoms with van der Waals surface area (Å²) in [5.41, 5.74) is 4.21. The van der Waals surface area contributed by atoms with Gasteiger partial charge in [-0.2, -0.15) is 9.90 Å². The highest BCUT2D eigenvalue weighted by Gasteiger charge is 2.15. The molecule has 1 aromatic carbocycles. The average Bonchev–Trinajstić information content (AvgIpc) is 3.08. The van der Waals surface area contributed by atoms with Gasteiger partial charge in [0.25, 0.3) is 0 Å². The van der Waals surface area contributed by atoms with Crippen molar-refractivity contribution in [1.29, 1.82) is 0 Å². The van der Waals surface area contributed by atoms with Crippen LogP contribution in [0, 0.1) is 13.8 Å². The van der Waals surface area contributed by atoms with Gasteiger partial charge in [-0.05, 0) is 49.2 Å². The molecule has 21 heavy (non-hydrogen) atoms. The fraction of sp³-hybridized carbons (Fsp3) is 0.286. The summed E-state index contributed by atoms with van der Waals surface area (Å²) in [6, 6.07) is 6.18. The van der Waals surface area contributed by atoms with Crippen molar-refractivity contribution in [1.82, 2.24) is 30.0 Å². The molecule has 0 fully saturated rings. The van der Waals surface area contributed by atoms with Crippen molar-refractivity contribution in [2.24, 2.45) is 0 Å². The van der Waals surface area contributed by atoms with Gasteiger partial charge in [0.2, 0.25) is 5.82 Å². The fourth-order valence-corrected chi connectivity index (χ4v) is 2.36. The summed E-state index contributed by atoms with van der Waals surface area (Å²) in [5, 5.41) is 17.4. The van der Waals surface area contributed by atoms with Crippen molar-refractivity contribution in [3.05, 3.63) is 35.5 Å². The molecule has 2 aromatic heterocycles. The van der Waals surface area contributed by atoms with Gasteiger partial charge in [0, 0.05) is 0 Å². The molecule has 0 bridgehead atoms. The molecule has 0 N–H and O–H groups in total. The predicted molar refractivity (Wildman–Crippen MR) is 82.8 cm³/mol. The highest BCUT2D eigenvalue weighted by atomic mass is 32.1. The second-order valence-corrected chi connectivity index (χ2v) is 5.29. The monoisotopic (exact) mass is 300 g/mol. The molecule has 0 amide bonds. The van der Waals surface area contributed by atoms with E-state index in [1.807, 2.05) is 13.0 Å². The van der Waals surface area contributed by atoms with Crippen LogP contribution in [-0.2, 0) is 6.54 Å². The van der Waals surface area contributed by atoms with Crippen LogP contribution in [0.4, 0.5) is 0 Å². The number of hydrogen-bond donors (Lipinski definition) is 1. The normalized spacial score (nSPS) is 11.0. The average molecular weight is 300 g/mol. The van der Waals surface area contributed by atoms with Crippen LogP contribution in [0.25, 0.3) is 17.1 Å². The van der Waals surface area contributed by atoms with E-state index in [0.29, 0.717) is 17.4 Å². The second-order valence-electron chi connectivity index (χ2n) is 4.86. The van der Waals surface area contributed by atoms with Gasteiger partial charge >= 0.3 is 0 Å². The quantitative estimate of drug-likeness (QED) is 0.755. The van der Waals surface area contributed by atoms with Crippen molar-refractivity contribution >= 4 is 12.6 Å². The molecule has 3 aromatic rings. The van der Waals surface area contributed by atoms with Crippen LogP contribution in [0.3, 0.4) is 0 Å². The molecule has 0 aliphatic carbocycles. The molecular formula is C14H16N6S. The molecule has 6 nitrogen and oxygen atoms in total. The molecule has 0 spiro atoms. The van der Waals surface area contributed by atoms with Crippen molar-refractivity contribution in [3.8, 4) is 17.1 Å². The molecule has 0 saturated heterocycles. The molecule has 0 aliphatic rings. The van der Waals surface area contributed by atoms with Crippen LogP contribution in [0.1, 0.15) is 18.1 Å². The Bertz CT molecular complexity index is 789. The Morgan fingerprint density at radius 3 is 2.67 bits per heavy atom. The van der Waals surface area contributed by atoms with Crippen molar-refractivity contribution in [2.45, 2.75) is 32.3 Å². The number of aryl methyl sites for hydroxylation is 3. The first-order chi connectivity index (χ1) is 10.1. The number of hydrogen-bond acceptors (Lipinski definition) is 5. The largest absolute Gasteiger partial charge is 0.227 e. The molecule has 0 saturated carbocycles. The summed E-state index contributed by atoms with van der Waals surface area (Å²) in [4.78, 5) is 1.54. The van der Waals surface area contributed by atoms with E-state index >= 15 is 0 Å². The third-order valence-electron chi connectivity index (χ3n) is 3.46. The van der Waals surface area contributed by atoms with Crippen molar-refractivity contribution < 1.29 is 0 Å². The number of tetrazole rings is 1. The van der Waals surface area contributed by atoms with Crippen LogP contribution >= 0.6 is 12.6 Å². The molecule has 7 heteroatoms. The summed E-state index contributed by atoms with van der Waals surface area (Å²) in [6.45, 7) is 6.81. The molecule has 0 radical (unpaired) electrons. The van der Waals surface area contributed by atoms with Crippen LogP contribution < -0.4 is 0 Å². The Morgan fingerprint density at radius 2 is 2.00 bits per heavy atom. The van der Waals surface area contributed by atoms with E-state index in [-0.39, 0.29) is 0 Å². The standard InChI is InChI=1S/C14H16N6S/c1-4-19-17-13(16-18-19)12-8-15-20(14(12)21)11-6-5-9(2)10(3)7-11/h5-8,21H,4H2,1-3H3. The van der Waals surface area contributed by atoms with Crippen molar-refractivity contribution in [3.63, 3.8) is 0 Å². The third-order valence-corrected chi connectivity index (χ3v) is 3.89. The summed E-state index contributed by atoms with van der Waals surface area (Å²) in [5.74, 6) is 0.539. The Hall–Kier alpha value is -2.15. The Balaban J connectivity index is 2.04. The number of rotatable bonds is 3. The first-order valence-corrected chi connectivity index (χ1v) is 7.17. The van der Waals surface area contributed by atoms with Gasteiger partial charge in [0.15, 0.2) is 0 Å². The first-order valence-electron chi connectivity index (χ1n) is 6.73. The molecule has 2 heterocycles. The van der Waals surface area contributed by atoms with E-state index in [2.05, 4.69) is 59.1 Å². The topological polar surface area (TPSA) is 61.4 Å². The van der Waals surface area contributed by atoms with E-state index in [4.69, 9.17) is 0 Å². The van der Waals surface area contributed by atoms with Gasteiger partial charge in [-0.25, -0.2) is 4.68 Å². The smallest absolute Gasteiger partial charge is 0.209 e. The molecule has 0 unspecified atom stereocenters. The Morgan fingerprint density at radius 1 is 1.19 bits per heavy atom. The highest BCUT2D eigenvalue weighted by Crippen LogP contribution is 2.26. The van der Waals surface area contributed by atoms with Crippen LogP contribution in [0.5, 0.6) is 0 Å². The van der Waals surface area contributed by atoms with Gasteiger partial charge in [-0.1, -0.05) is 6.07 Å². The number of aromatic nitrogens is 6. The van der Waals surface area contributed by atoms with E-state index in [0.717, 1.165) is 11.3 Å². The minimum absolute atomic E-state index is 0.539. The third kappa shape index (κ3) is 2.44. The second kappa shape index (κ2) is 5.33. The van der Waals surface area contributed by atoms with E-state index in [1.54, 1.807) is 10.9 Å². The summed E-state index contributed by atoms with van der Waals surface area (Å²) in [6.07, 6.45) is 1.72. The van der Waals surface area contributed by atoms with Gasteiger partial charge in [0.05, 0.1) is 24.0 Å². The van der Waals surface area contributed by atoms with Crippen LogP contribution in [-0.4, -0.2) is 30.0 Å². The minimum atomic E-state index is 0.539. The summed E-state index contributed by atoms with van der Waals surface area (Å²) < 4.78 is 1.78. The molecule has 0 atom stereocenters. The number of thiol groups is 1. The summed E-state index contributed by atoms with van der Waals surface area (Å²) >= 11 is 4.57. The maximum Gasteiger partial charge on any atom is 0.209 e. The Labute approximate surface area is 128 Å². The predicted octanol–water partition coefficient (Wildman–Crippen LogP) is 2.45. The van der Waals surface area contributed by atoms with Gasteiger partial charge < -0.3 is 0 Å². The lowest BCUT2D eigenvalue weighted by Gasteiger charge is -2.07. The lowest BCUT2D eigenvalue weighted by atomic mass is 10.1. The fourth-order valence-electron chi connectivity index (χ4n) is 2.03. The SMILES string of the molecule is CCn1nnc(-c2cnn(-c3ccc(C)c(C)c3)c2S)n1. The van der Waals surface area contributed by atoms with Crippen LogP contribution in [0.2, 0.25) is 0 Å². The molecule has 108 valence electrons. The summed E-state index contributed by atoms with van der Waals surface area (Å²) in [7, 11) is 0. The first kappa shape index (κ1) is 13.8. The van der Waals surface area contributed by atoms with E-state index < -0.39 is 0 Å². The zero-order chi connectivity index (χ0) is 15.0.